The van der Waals surface area contributed by atoms with E-state index in [-0.39, 0.29) is 27.6 Å². The van der Waals surface area contributed by atoms with Crippen molar-refractivity contribution in [3.8, 4) is 0 Å². The van der Waals surface area contributed by atoms with Crippen molar-refractivity contribution in [2.24, 2.45) is 0 Å². The molecule has 1 aliphatic rings. The van der Waals surface area contributed by atoms with Crippen LogP contribution in [-0.2, 0) is 9.53 Å². The van der Waals surface area contributed by atoms with E-state index in [1.54, 1.807) is 6.92 Å². The van der Waals surface area contributed by atoms with E-state index in [4.69, 9.17) is 32.0 Å². The van der Waals surface area contributed by atoms with Crippen LogP contribution in [0.2, 0.25) is 5.02 Å². The van der Waals surface area contributed by atoms with Crippen LogP contribution in [0.4, 0.5) is 14.7 Å². The SMILES string of the molecule is CC(=O)O.Cc1nc(N)nc2c1c(F)cn2[C@@H]1O[C@H]([C@H](O)c2ccc(Cl)c(F)c2)[C@@H](O)[C@H]1O. The summed E-state index contributed by atoms with van der Waals surface area (Å²) in [5.74, 6) is -2.35. The molecule has 1 aliphatic heterocycles. The zero-order chi connectivity index (χ0) is 24.6. The number of aliphatic hydroxyl groups excluding tert-OH is 3. The number of hydrogen-bond donors (Lipinski definition) is 5. The molecule has 5 atom stereocenters. The average Bonchev–Trinajstić information content (AvgIpc) is 3.20. The molecule has 6 N–H and O–H groups in total. The van der Waals surface area contributed by atoms with Crippen LogP contribution in [0.5, 0.6) is 0 Å². The van der Waals surface area contributed by atoms with Gasteiger partial charge in [-0.3, -0.25) is 4.79 Å². The number of carboxylic acid groups (broad SMARTS) is 1. The third kappa shape index (κ3) is 4.89. The summed E-state index contributed by atoms with van der Waals surface area (Å²) in [5, 5.41) is 38.8. The number of hydrogen-bond acceptors (Lipinski definition) is 8. The number of anilines is 1. The third-order valence-electron chi connectivity index (χ3n) is 4.97. The van der Waals surface area contributed by atoms with Gasteiger partial charge in [-0.05, 0) is 24.6 Å². The molecule has 0 radical (unpaired) electrons. The Hall–Kier alpha value is -2.90. The van der Waals surface area contributed by atoms with Gasteiger partial charge in [0.2, 0.25) is 5.95 Å². The van der Waals surface area contributed by atoms with E-state index in [0.717, 1.165) is 19.2 Å². The van der Waals surface area contributed by atoms with Crippen LogP contribution in [0.3, 0.4) is 0 Å². The number of aryl methyl sites for hydroxylation is 1. The van der Waals surface area contributed by atoms with E-state index < -0.39 is 48.2 Å². The van der Waals surface area contributed by atoms with Gasteiger partial charge in [-0.2, -0.15) is 4.98 Å². The molecule has 2 aromatic heterocycles. The number of nitrogen functional groups attached to an aromatic ring is 1. The van der Waals surface area contributed by atoms with Crippen molar-refractivity contribution < 1.29 is 38.7 Å². The highest BCUT2D eigenvalue weighted by Crippen LogP contribution is 2.38. The Kier molecular flexibility index (Phi) is 7.14. The van der Waals surface area contributed by atoms with Crippen molar-refractivity contribution in [3.05, 3.63) is 52.3 Å². The van der Waals surface area contributed by atoms with E-state index >= 15 is 0 Å². The quantitative estimate of drug-likeness (QED) is 0.370. The fourth-order valence-corrected chi connectivity index (χ4v) is 3.67. The van der Waals surface area contributed by atoms with Crippen molar-refractivity contribution in [3.63, 3.8) is 0 Å². The van der Waals surface area contributed by atoms with Gasteiger partial charge in [0.05, 0.1) is 16.1 Å². The zero-order valence-electron chi connectivity index (χ0n) is 17.4. The summed E-state index contributed by atoms with van der Waals surface area (Å²) < 4.78 is 35.0. The Labute approximate surface area is 190 Å². The highest BCUT2D eigenvalue weighted by molar-refractivity contribution is 6.30. The normalized spacial score (nSPS) is 23.3. The number of rotatable bonds is 3. The van der Waals surface area contributed by atoms with Crippen LogP contribution >= 0.6 is 11.6 Å². The minimum absolute atomic E-state index is 0.0661. The summed E-state index contributed by atoms with van der Waals surface area (Å²) in [6.45, 7) is 2.64. The van der Waals surface area contributed by atoms with Crippen LogP contribution in [-0.4, -0.2) is 59.2 Å². The first-order valence-electron chi connectivity index (χ1n) is 9.56. The Balaban J connectivity index is 0.000000709. The maximum atomic E-state index is 14.4. The van der Waals surface area contributed by atoms with Gasteiger partial charge >= 0.3 is 0 Å². The number of carboxylic acids is 1. The minimum atomic E-state index is -1.55. The molecule has 0 saturated carbocycles. The van der Waals surface area contributed by atoms with Crippen LogP contribution in [0.15, 0.2) is 24.4 Å². The number of aliphatic hydroxyl groups is 3. The molecule has 3 heterocycles. The second kappa shape index (κ2) is 9.53. The molecule has 1 aromatic carbocycles. The van der Waals surface area contributed by atoms with Crippen LogP contribution in [0, 0.1) is 18.6 Å². The molecule has 1 saturated heterocycles. The summed E-state index contributed by atoms with van der Waals surface area (Å²) in [6.07, 6.45) is -6.11. The summed E-state index contributed by atoms with van der Waals surface area (Å²) in [7, 11) is 0. The van der Waals surface area contributed by atoms with Crippen molar-refractivity contribution in [2.75, 3.05) is 5.73 Å². The van der Waals surface area contributed by atoms with Gasteiger partial charge in [0.25, 0.3) is 5.97 Å². The lowest BCUT2D eigenvalue weighted by atomic mass is 9.99. The largest absolute Gasteiger partial charge is 0.481 e. The molecule has 0 bridgehead atoms. The van der Waals surface area contributed by atoms with Crippen LogP contribution < -0.4 is 5.73 Å². The van der Waals surface area contributed by atoms with Crippen LogP contribution in [0.1, 0.15) is 30.5 Å². The average molecular weight is 487 g/mol. The number of aliphatic carboxylic acids is 1. The number of benzene rings is 1. The summed E-state index contributed by atoms with van der Waals surface area (Å²) in [4.78, 5) is 16.9. The van der Waals surface area contributed by atoms with Gasteiger partial charge in [-0.25, -0.2) is 13.8 Å². The molecule has 0 aliphatic carbocycles. The summed E-state index contributed by atoms with van der Waals surface area (Å²) >= 11 is 5.64. The molecule has 0 spiro atoms. The molecule has 4 rings (SSSR count). The molecule has 13 heteroatoms. The Morgan fingerprint density at radius 2 is 1.88 bits per heavy atom. The summed E-state index contributed by atoms with van der Waals surface area (Å²) in [5.41, 5.74) is 6.10. The van der Waals surface area contributed by atoms with Gasteiger partial charge in [-0.15, -0.1) is 0 Å². The van der Waals surface area contributed by atoms with E-state index in [0.29, 0.717) is 5.69 Å². The smallest absolute Gasteiger partial charge is 0.300 e. The lowest BCUT2D eigenvalue weighted by molar-refractivity contribution is -0.134. The molecular weight excluding hydrogens is 466 g/mol. The van der Waals surface area contributed by atoms with Gasteiger partial charge < -0.3 is 35.5 Å². The van der Waals surface area contributed by atoms with Crippen molar-refractivity contribution in [1.82, 2.24) is 14.5 Å². The second-order valence-electron chi connectivity index (χ2n) is 7.36. The number of halogens is 3. The summed E-state index contributed by atoms with van der Waals surface area (Å²) in [6, 6.07) is 3.63. The molecular formula is C20H21ClF2N4O6. The number of fused-ring (bicyclic) bond motifs is 1. The van der Waals surface area contributed by atoms with Gasteiger partial charge in [0, 0.05) is 13.1 Å². The number of carbonyl (C=O) groups is 1. The third-order valence-corrected chi connectivity index (χ3v) is 5.28. The molecule has 10 nitrogen and oxygen atoms in total. The van der Waals surface area contributed by atoms with Gasteiger partial charge in [0.1, 0.15) is 30.2 Å². The predicted molar refractivity (Wildman–Crippen MR) is 112 cm³/mol. The Bertz CT molecular complexity index is 1190. The maximum Gasteiger partial charge on any atom is 0.300 e. The molecule has 0 unspecified atom stereocenters. The van der Waals surface area contributed by atoms with E-state index in [1.807, 2.05) is 0 Å². The number of aromatic nitrogens is 3. The monoisotopic (exact) mass is 486 g/mol. The first-order valence-corrected chi connectivity index (χ1v) is 9.94. The Morgan fingerprint density at radius 1 is 1.24 bits per heavy atom. The predicted octanol–water partition coefficient (Wildman–Crippen LogP) is 1.70. The van der Waals surface area contributed by atoms with E-state index in [2.05, 4.69) is 9.97 Å². The molecule has 1 fully saturated rings. The van der Waals surface area contributed by atoms with Crippen molar-refractivity contribution in [1.29, 1.82) is 0 Å². The minimum Gasteiger partial charge on any atom is -0.481 e. The molecule has 178 valence electrons. The van der Waals surface area contributed by atoms with E-state index in [1.165, 1.54) is 16.7 Å². The number of ether oxygens (including phenoxy) is 1. The zero-order valence-corrected chi connectivity index (χ0v) is 18.1. The first kappa shape index (κ1) is 24.7. The maximum absolute atomic E-state index is 14.4. The molecule has 0 amide bonds. The van der Waals surface area contributed by atoms with Crippen LogP contribution in [0.25, 0.3) is 11.0 Å². The highest BCUT2D eigenvalue weighted by Gasteiger charge is 2.48. The molecule has 33 heavy (non-hydrogen) atoms. The fourth-order valence-electron chi connectivity index (χ4n) is 3.55. The number of nitrogens with two attached hydrogens (primary N) is 1. The lowest BCUT2D eigenvalue weighted by Gasteiger charge is -2.21. The van der Waals surface area contributed by atoms with E-state index in [9.17, 15) is 24.1 Å². The lowest BCUT2D eigenvalue weighted by Crippen LogP contribution is -2.34. The topological polar surface area (TPSA) is 164 Å². The highest BCUT2D eigenvalue weighted by atomic mass is 35.5. The fraction of sp³-hybridized carbons (Fsp3) is 0.350. The van der Waals surface area contributed by atoms with Gasteiger partial charge in [0.15, 0.2) is 17.7 Å². The Morgan fingerprint density at radius 3 is 2.48 bits per heavy atom. The van der Waals surface area contributed by atoms with Crippen molar-refractivity contribution >= 4 is 34.6 Å². The van der Waals surface area contributed by atoms with Gasteiger partial charge in [-0.1, -0.05) is 17.7 Å². The standard InChI is InChI=1S/C18H17ClF2N4O4.C2H4O2/c1-6-11-10(21)5-25(16(11)24-18(22)23-6)17-14(28)13(27)15(29-17)12(26)7-2-3-8(19)9(20)4-7;1-2(3)4/h2-5,12-15,17,26-28H,1H3,(H2,22,23,24);1H3,(H,3,4)/t12-,13+,14-,15-,17-;/m1./s1. The van der Waals surface area contributed by atoms with Crippen molar-refractivity contribution in [2.45, 2.75) is 44.5 Å². The number of nitrogens with zero attached hydrogens (tertiary/aromatic N) is 3. The molecule has 3 aromatic rings. The second-order valence-corrected chi connectivity index (χ2v) is 7.77. The first-order chi connectivity index (χ1) is 15.4.